The van der Waals surface area contributed by atoms with Crippen molar-refractivity contribution < 1.29 is 14.3 Å². The first kappa shape index (κ1) is 20.2. The number of hydrogen-bond acceptors (Lipinski definition) is 4. The molecular formula is C23H35NO3. The van der Waals surface area contributed by atoms with Crippen molar-refractivity contribution >= 4 is 11.8 Å². The van der Waals surface area contributed by atoms with Gasteiger partial charge in [0.15, 0.2) is 5.78 Å². The molecule has 2 aliphatic carbocycles. The summed E-state index contributed by atoms with van der Waals surface area (Å²) in [4.78, 5) is 25.8. The summed E-state index contributed by atoms with van der Waals surface area (Å²) in [5.74, 6) is 0.569. The number of rotatable bonds is 5. The summed E-state index contributed by atoms with van der Waals surface area (Å²) in [6, 6.07) is 0. The molecule has 0 aromatic rings. The first-order valence-corrected chi connectivity index (χ1v) is 10.7. The monoisotopic (exact) mass is 373 g/mol. The zero-order chi connectivity index (χ0) is 19.6. The number of esters is 1. The van der Waals surface area contributed by atoms with Crippen molar-refractivity contribution in [1.29, 1.82) is 0 Å². The van der Waals surface area contributed by atoms with Gasteiger partial charge in [0, 0.05) is 29.3 Å². The maximum absolute atomic E-state index is 13.1. The number of ketones is 1. The van der Waals surface area contributed by atoms with Crippen LogP contribution in [-0.4, -0.2) is 18.4 Å². The maximum Gasteiger partial charge on any atom is 0.336 e. The minimum atomic E-state index is -0.264. The molecule has 1 fully saturated rings. The summed E-state index contributed by atoms with van der Waals surface area (Å²) in [6.07, 6.45) is 9.95. The second kappa shape index (κ2) is 8.20. The molecule has 150 valence electrons. The van der Waals surface area contributed by atoms with Gasteiger partial charge in [0.2, 0.25) is 0 Å². The average molecular weight is 374 g/mol. The van der Waals surface area contributed by atoms with E-state index < -0.39 is 0 Å². The van der Waals surface area contributed by atoms with Gasteiger partial charge in [-0.1, -0.05) is 46.0 Å². The highest BCUT2D eigenvalue weighted by atomic mass is 16.5. The van der Waals surface area contributed by atoms with Gasteiger partial charge in [0.1, 0.15) is 0 Å². The first-order valence-electron chi connectivity index (χ1n) is 10.7. The molecule has 27 heavy (non-hydrogen) atoms. The van der Waals surface area contributed by atoms with Gasteiger partial charge in [0.05, 0.1) is 12.2 Å². The SMILES string of the molecule is CCOC(=O)C1=C(C)NC2=C(C(=O)CC(C)(C)C2)[C@H]1CCC1CCCCC1. The molecule has 1 N–H and O–H groups in total. The van der Waals surface area contributed by atoms with E-state index in [2.05, 4.69) is 19.2 Å². The normalized spacial score (nSPS) is 25.9. The molecule has 0 bridgehead atoms. The van der Waals surface area contributed by atoms with Gasteiger partial charge in [-0.3, -0.25) is 4.79 Å². The zero-order valence-corrected chi connectivity index (χ0v) is 17.5. The molecule has 4 heteroatoms. The fourth-order valence-electron chi connectivity index (χ4n) is 5.22. The van der Waals surface area contributed by atoms with Crippen molar-refractivity contribution in [2.75, 3.05) is 6.61 Å². The molecular weight excluding hydrogens is 338 g/mol. The lowest BCUT2D eigenvalue weighted by Gasteiger charge is -2.39. The molecule has 0 spiro atoms. The van der Waals surface area contributed by atoms with Crippen molar-refractivity contribution in [3.05, 3.63) is 22.5 Å². The van der Waals surface area contributed by atoms with Gasteiger partial charge in [-0.05, 0) is 44.4 Å². The molecule has 0 unspecified atom stereocenters. The van der Waals surface area contributed by atoms with Crippen LogP contribution in [0.15, 0.2) is 22.5 Å². The lowest BCUT2D eigenvalue weighted by molar-refractivity contribution is -0.139. The van der Waals surface area contributed by atoms with Gasteiger partial charge < -0.3 is 10.1 Å². The molecule has 0 saturated heterocycles. The van der Waals surface area contributed by atoms with Crippen LogP contribution in [0.4, 0.5) is 0 Å². The summed E-state index contributed by atoms with van der Waals surface area (Å²) in [6.45, 7) is 8.44. The van der Waals surface area contributed by atoms with Crippen LogP contribution in [0.2, 0.25) is 0 Å². The fourth-order valence-corrected chi connectivity index (χ4v) is 5.22. The second-order valence-corrected chi connectivity index (χ2v) is 9.35. The molecule has 1 heterocycles. The van der Waals surface area contributed by atoms with Crippen molar-refractivity contribution in [1.82, 2.24) is 5.32 Å². The summed E-state index contributed by atoms with van der Waals surface area (Å²) in [5, 5.41) is 3.40. The zero-order valence-electron chi connectivity index (χ0n) is 17.5. The van der Waals surface area contributed by atoms with E-state index in [1.807, 2.05) is 13.8 Å². The minimum Gasteiger partial charge on any atom is -0.463 e. The topological polar surface area (TPSA) is 55.4 Å². The number of Topliss-reactive ketones (excluding diaryl/α,β-unsaturated/α-hetero) is 1. The largest absolute Gasteiger partial charge is 0.463 e. The Balaban J connectivity index is 1.89. The van der Waals surface area contributed by atoms with Gasteiger partial charge in [-0.2, -0.15) is 0 Å². The van der Waals surface area contributed by atoms with Crippen LogP contribution in [0.3, 0.4) is 0 Å². The Kier molecular flexibility index (Phi) is 6.12. The number of carbonyl (C=O) groups excluding carboxylic acids is 2. The third-order valence-electron chi connectivity index (χ3n) is 6.44. The molecule has 4 nitrogen and oxygen atoms in total. The first-order chi connectivity index (χ1) is 12.8. The molecule has 1 atom stereocenters. The predicted molar refractivity (Wildman–Crippen MR) is 107 cm³/mol. The summed E-state index contributed by atoms with van der Waals surface area (Å²) in [5.41, 5.74) is 3.42. The molecule has 0 aromatic carbocycles. The van der Waals surface area contributed by atoms with Crippen molar-refractivity contribution in [2.24, 2.45) is 17.3 Å². The second-order valence-electron chi connectivity index (χ2n) is 9.35. The molecule has 0 aromatic heterocycles. The third kappa shape index (κ3) is 4.47. The van der Waals surface area contributed by atoms with Crippen LogP contribution >= 0.6 is 0 Å². The van der Waals surface area contributed by atoms with Gasteiger partial charge in [-0.25, -0.2) is 4.79 Å². The highest BCUT2D eigenvalue weighted by molar-refractivity contribution is 6.02. The Labute approximate surface area is 163 Å². The third-order valence-corrected chi connectivity index (χ3v) is 6.44. The van der Waals surface area contributed by atoms with Crippen molar-refractivity contribution in [2.45, 2.75) is 85.5 Å². The van der Waals surface area contributed by atoms with E-state index in [1.165, 1.54) is 32.1 Å². The number of nitrogens with one attached hydrogen (secondary N) is 1. The number of carbonyl (C=O) groups is 2. The van der Waals surface area contributed by atoms with Crippen LogP contribution in [0.5, 0.6) is 0 Å². The van der Waals surface area contributed by atoms with Gasteiger partial charge in [-0.15, -0.1) is 0 Å². The smallest absolute Gasteiger partial charge is 0.336 e. The van der Waals surface area contributed by atoms with Crippen LogP contribution in [-0.2, 0) is 14.3 Å². The van der Waals surface area contributed by atoms with E-state index in [0.717, 1.165) is 42.1 Å². The predicted octanol–water partition coefficient (Wildman–Crippen LogP) is 5.05. The Morgan fingerprint density at radius 1 is 1.15 bits per heavy atom. The summed E-state index contributed by atoms with van der Waals surface area (Å²) < 4.78 is 5.36. The number of dihydropyridines is 1. The number of hydrogen-bond donors (Lipinski definition) is 1. The standard InChI is InChI=1S/C23H35NO3/c1-5-27-22(26)20-15(2)24-18-13-23(3,4)14-19(25)21(18)17(20)12-11-16-9-7-6-8-10-16/h16-17,24H,5-14H2,1-4H3/t17-/m0/s1. The molecule has 1 aliphatic heterocycles. The summed E-state index contributed by atoms with van der Waals surface area (Å²) in [7, 11) is 0. The van der Waals surface area contributed by atoms with E-state index in [1.54, 1.807) is 0 Å². The van der Waals surface area contributed by atoms with E-state index in [0.29, 0.717) is 18.6 Å². The lowest BCUT2D eigenvalue weighted by atomic mass is 9.68. The Morgan fingerprint density at radius 3 is 2.52 bits per heavy atom. The highest BCUT2D eigenvalue weighted by Gasteiger charge is 2.42. The van der Waals surface area contributed by atoms with Gasteiger partial charge >= 0.3 is 5.97 Å². The van der Waals surface area contributed by atoms with Crippen LogP contribution in [0.25, 0.3) is 0 Å². The van der Waals surface area contributed by atoms with E-state index >= 15 is 0 Å². The minimum absolute atomic E-state index is 0.0292. The number of ether oxygens (including phenoxy) is 1. The Bertz CT molecular complexity index is 665. The molecule has 0 radical (unpaired) electrons. The van der Waals surface area contributed by atoms with E-state index in [9.17, 15) is 9.59 Å². The number of allylic oxidation sites excluding steroid dienone is 3. The maximum atomic E-state index is 13.1. The molecule has 3 rings (SSSR count). The van der Waals surface area contributed by atoms with Crippen LogP contribution in [0.1, 0.15) is 85.5 Å². The lowest BCUT2D eigenvalue weighted by Crippen LogP contribution is -2.39. The highest BCUT2D eigenvalue weighted by Crippen LogP contribution is 2.45. The van der Waals surface area contributed by atoms with Crippen LogP contribution < -0.4 is 5.32 Å². The Morgan fingerprint density at radius 2 is 1.85 bits per heavy atom. The molecule has 0 amide bonds. The summed E-state index contributed by atoms with van der Waals surface area (Å²) >= 11 is 0. The van der Waals surface area contributed by atoms with Crippen LogP contribution in [0, 0.1) is 17.3 Å². The Hall–Kier alpha value is -1.58. The van der Waals surface area contributed by atoms with E-state index in [-0.39, 0.29) is 23.1 Å². The van der Waals surface area contributed by atoms with Crippen molar-refractivity contribution in [3.63, 3.8) is 0 Å². The molecule has 1 saturated carbocycles. The fraction of sp³-hybridized carbons (Fsp3) is 0.739. The average Bonchev–Trinajstić information content (AvgIpc) is 2.59. The van der Waals surface area contributed by atoms with Gasteiger partial charge in [0.25, 0.3) is 0 Å². The quantitative estimate of drug-likeness (QED) is 0.686. The molecule has 3 aliphatic rings. The van der Waals surface area contributed by atoms with E-state index in [4.69, 9.17) is 4.74 Å². The van der Waals surface area contributed by atoms with Crippen molar-refractivity contribution in [3.8, 4) is 0 Å².